The lowest BCUT2D eigenvalue weighted by Crippen LogP contribution is -2.42. The fourth-order valence-corrected chi connectivity index (χ4v) is 2.35. The van der Waals surface area contributed by atoms with Crippen LogP contribution in [0.25, 0.3) is 0 Å². The van der Waals surface area contributed by atoms with Crippen molar-refractivity contribution in [1.82, 2.24) is 10.8 Å². The molecule has 0 unspecified atom stereocenters. The third-order valence-corrected chi connectivity index (χ3v) is 3.35. The van der Waals surface area contributed by atoms with Gasteiger partial charge >= 0.3 is 6.03 Å². The summed E-state index contributed by atoms with van der Waals surface area (Å²) >= 11 is 0. The van der Waals surface area contributed by atoms with E-state index in [1.54, 1.807) is 6.26 Å². The molecule has 0 bridgehead atoms. The zero-order chi connectivity index (χ0) is 13.3. The van der Waals surface area contributed by atoms with Gasteiger partial charge in [0.25, 0.3) is 0 Å². The summed E-state index contributed by atoms with van der Waals surface area (Å²) in [5.41, 5.74) is 2.43. The molecule has 2 N–H and O–H groups in total. The highest BCUT2D eigenvalue weighted by atomic mass is 16.7. The van der Waals surface area contributed by atoms with Crippen molar-refractivity contribution in [2.24, 2.45) is 0 Å². The lowest BCUT2D eigenvalue weighted by molar-refractivity contribution is 0.0577. The Kier molecular flexibility index (Phi) is 5.75. The van der Waals surface area contributed by atoms with Crippen LogP contribution in [0.2, 0.25) is 0 Å². The van der Waals surface area contributed by atoms with E-state index in [0.29, 0.717) is 12.6 Å². The van der Waals surface area contributed by atoms with Gasteiger partial charge in [-0.1, -0.05) is 19.3 Å². The molecule has 0 saturated heterocycles. The molecule has 1 fully saturated rings. The first-order valence-electron chi connectivity index (χ1n) is 7.05. The molecule has 0 atom stereocenters. The molecular weight excluding hydrogens is 244 g/mol. The number of nitrogens with one attached hydrogen (secondary N) is 2. The van der Waals surface area contributed by atoms with E-state index in [9.17, 15) is 4.79 Å². The average molecular weight is 266 g/mol. The quantitative estimate of drug-likeness (QED) is 0.614. The Balaban J connectivity index is 1.49. The van der Waals surface area contributed by atoms with Crippen LogP contribution in [0.15, 0.2) is 22.8 Å². The fraction of sp³-hybridized carbons (Fsp3) is 0.643. The monoisotopic (exact) mass is 266 g/mol. The minimum atomic E-state index is -0.232. The molecule has 0 radical (unpaired) electrons. The number of hydrogen-bond acceptors (Lipinski definition) is 3. The largest absolute Gasteiger partial charge is 0.469 e. The van der Waals surface area contributed by atoms with Gasteiger partial charge in [0, 0.05) is 12.5 Å². The van der Waals surface area contributed by atoms with Gasteiger partial charge < -0.3 is 9.73 Å². The molecule has 5 nitrogen and oxygen atoms in total. The molecule has 1 heterocycles. The Bertz CT molecular complexity index is 359. The zero-order valence-electron chi connectivity index (χ0n) is 11.2. The maximum Gasteiger partial charge on any atom is 0.338 e. The first-order chi connectivity index (χ1) is 9.34. The van der Waals surface area contributed by atoms with Crippen LogP contribution in [-0.2, 0) is 11.3 Å². The van der Waals surface area contributed by atoms with E-state index >= 15 is 0 Å². The van der Waals surface area contributed by atoms with Crippen molar-refractivity contribution in [1.29, 1.82) is 0 Å². The van der Waals surface area contributed by atoms with Gasteiger partial charge in [-0.3, -0.25) is 4.84 Å². The van der Waals surface area contributed by atoms with E-state index in [-0.39, 0.29) is 6.03 Å². The summed E-state index contributed by atoms with van der Waals surface area (Å²) in [6.07, 6.45) is 9.13. The average Bonchev–Trinajstić information content (AvgIpc) is 2.92. The van der Waals surface area contributed by atoms with Crippen molar-refractivity contribution in [3.05, 3.63) is 24.2 Å². The number of hydrogen-bond donors (Lipinski definition) is 2. The lowest BCUT2D eigenvalue weighted by atomic mass is 9.96. The van der Waals surface area contributed by atoms with E-state index in [2.05, 4.69) is 10.8 Å². The number of furan rings is 1. The second kappa shape index (κ2) is 7.84. The molecule has 5 heteroatoms. The van der Waals surface area contributed by atoms with E-state index < -0.39 is 0 Å². The first-order valence-corrected chi connectivity index (χ1v) is 7.05. The minimum Gasteiger partial charge on any atom is -0.469 e. The van der Waals surface area contributed by atoms with Gasteiger partial charge in [0.15, 0.2) is 0 Å². The maximum atomic E-state index is 11.5. The molecule has 2 amide bonds. The van der Waals surface area contributed by atoms with Crippen molar-refractivity contribution in [2.75, 3.05) is 6.61 Å². The van der Waals surface area contributed by atoms with Crippen LogP contribution in [0, 0.1) is 0 Å². The SMILES string of the molecule is O=C(NOCCCc1ccco1)NC1CCCCC1. The van der Waals surface area contributed by atoms with Crippen molar-refractivity contribution < 1.29 is 14.0 Å². The second-order valence-electron chi connectivity index (χ2n) is 4.94. The van der Waals surface area contributed by atoms with Crippen molar-refractivity contribution in [3.8, 4) is 0 Å². The van der Waals surface area contributed by atoms with Crippen LogP contribution in [0.5, 0.6) is 0 Å². The molecule has 0 aliphatic heterocycles. The van der Waals surface area contributed by atoms with Gasteiger partial charge in [-0.05, 0) is 31.4 Å². The van der Waals surface area contributed by atoms with Crippen molar-refractivity contribution in [2.45, 2.75) is 51.0 Å². The Morgan fingerprint density at radius 1 is 1.37 bits per heavy atom. The highest BCUT2D eigenvalue weighted by molar-refractivity contribution is 5.72. The van der Waals surface area contributed by atoms with Crippen LogP contribution in [-0.4, -0.2) is 18.7 Å². The Hall–Kier alpha value is -1.49. The summed E-state index contributed by atoms with van der Waals surface area (Å²) in [4.78, 5) is 16.7. The number of urea groups is 1. The maximum absolute atomic E-state index is 11.5. The summed E-state index contributed by atoms with van der Waals surface area (Å²) in [5.74, 6) is 0.940. The molecule has 0 spiro atoms. The minimum absolute atomic E-state index is 0.232. The first kappa shape index (κ1) is 13.9. The Labute approximate surface area is 113 Å². The van der Waals surface area contributed by atoms with E-state index in [4.69, 9.17) is 9.25 Å². The van der Waals surface area contributed by atoms with Crippen molar-refractivity contribution >= 4 is 6.03 Å². The molecule has 106 valence electrons. The van der Waals surface area contributed by atoms with E-state index in [0.717, 1.165) is 31.4 Å². The highest BCUT2D eigenvalue weighted by Crippen LogP contribution is 2.17. The van der Waals surface area contributed by atoms with Crippen LogP contribution >= 0.6 is 0 Å². The standard InChI is InChI=1S/C14H22N2O3/c17-14(15-12-6-2-1-3-7-12)16-19-11-5-9-13-8-4-10-18-13/h4,8,10,12H,1-3,5-7,9,11H2,(H2,15,16,17). The van der Waals surface area contributed by atoms with Crippen LogP contribution in [0.3, 0.4) is 0 Å². The second-order valence-corrected chi connectivity index (χ2v) is 4.94. The van der Waals surface area contributed by atoms with Gasteiger partial charge in [0.2, 0.25) is 0 Å². The molecule has 1 aromatic heterocycles. The number of amides is 2. The summed E-state index contributed by atoms with van der Waals surface area (Å²) in [7, 11) is 0. The number of carbonyl (C=O) groups excluding carboxylic acids is 1. The molecule has 1 aromatic rings. The molecule has 1 saturated carbocycles. The Morgan fingerprint density at radius 2 is 2.21 bits per heavy atom. The molecule has 1 aliphatic carbocycles. The number of carbonyl (C=O) groups is 1. The van der Waals surface area contributed by atoms with Crippen LogP contribution in [0.4, 0.5) is 4.79 Å². The summed E-state index contributed by atoms with van der Waals surface area (Å²) in [5, 5.41) is 2.93. The third kappa shape index (κ3) is 5.34. The normalized spacial score (nSPS) is 16.2. The number of hydroxylamine groups is 1. The Morgan fingerprint density at radius 3 is 2.95 bits per heavy atom. The smallest absolute Gasteiger partial charge is 0.338 e. The predicted octanol–water partition coefficient (Wildman–Crippen LogP) is 2.78. The third-order valence-electron chi connectivity index (χ3n) is 3.35. The van der Waals surface area contributed by atoms with Crippen LogP contribution < -0.4 is 10.8 Å². The fourth-order valence-electron chi connectivity index (χ4n) is 2.35. The summed E-state index contributed by atoms with van der Waals surface area (Å²) < 4.78 is 5.21. The number of rotatable bonds is 6. The molecule has 0 aromatic carbocycles. The van der Waals surface area contributed by atoms with Gasteiger partial charge in [0.1, 0.15) is 5.76 Å². The van der Waals surface area contributed by atoms with Gasteiger partial charge in [-0.2, -0.15) is 0 Å². The highest BCUT2D eigenvalue weighted by Gasteiger charge is 2.15. The topological polar surface area (TPSA) is 63.5 Å². The summed E-state index contributed by atoms with van der Waals surface area (Å²) in [6.45, 7) is 0.485. The zero-order valence-corrected chi connectivity index (χ0v) is 11.2. The number of aryl methyl sites for hydroxylation is 1. The van der Waals surface area contributed by atoms with Crippen LogP contribution in [0.1, 0.15) is 44.3 Å². The van der Waals surface area contributed by atoms with Gasteiger partial charge in [-0.25, -0.2) is 10.3 Å². The van der Waals surface area contributed by atoms with E-state index in [1.165, 1.54) is 19.3 Å². The predicted molar refractivity (Wildman–Crippen MR) is 71.5 cm³/mol. The van der Waals surface area contributed by atoms with E-state index in [1.807, 2.05) is 12.1 Å². The molecular formula is C14H22N2O3. The van der Waals surface area contributed by atoms with Gasteiger partial charge in [-0.15, -0.1) is 0 Å². The molecule has 1 aliphatic rings. The summed E-state index contributed by atoms with van der Waals surface area (Å²) in [6, 6.07) is 3.88. The van der Waals surface area contributed by atoms with Gasteiger partial charge in [0.05, 0.1) is 12.9 Å². The molecule has 2 rings (SSSR count). The molecule has 19 heavy (non-hydrogen) atoms. The van der Waals surface area contributed by atoms with Crippen molar-refractivity contribution in [3.63, 3.8) is 0 Å². The lowest BCUT2D eigenvalue weighted by Gasteiger charge is -2.22.